The van der Waals surface area contributed by atoms with Crippen molar-refractivity contribution in [2.24, 2.45) is 0 Å². The van der Waals surface area contributed by atoms with E-state index >= 15 is 0 Å². The van der Waals surface area contributed by atoms with E-state index in [4.69, 9.17) is 4.74 Å². The first-order chi connectivity index (χ1) is 9.71. The van der Waals surface area contributed by atoms with Crippen LogP contribution < -0.4 is 5.32 Å². The second-order valence-corrected chi connectivity index (χ2v) is 5.96. The number of anilines is 1. The molecule has 1 heterocycles. The third-order valence-electron chi connectivity index (χ3n) is 2.48. The zero-order valence-electron chi connectivity index (χ0n) is 11.4. The van der Waals surface area contributed by atoms with E-state index in [0.717, 1.165) is 20.2 Å². The van der Waals surface area contributed by atoms with Gasteiger partial charge in [-0.05, 0) is 31.2 Å². The molecule has 106 valence electrons. The van der Waals surface area contributed by atoms with Crippen LogP contribution in [0.15, 0.2) is 44.7 Å². The zero-order chi connectivity index (χ0) is 14.4. The predicted octanol–water partition coefficient (Wildman–Crippen LogP) is 3.97. The SMILES string of the molecule is CCOCc1nc(NC)cc(Sc2ccc(Br)cc2)n1. The number of hydrogen-bond donors (Lipinski definition) is 1. The summed E-state index contributed by atoms with van der Waals surface area (Å²) >= 11 is 5.04. The van der Waals surface area contributed by atoms with Gasteiger partial charge in [-0.3, -0.25) is 0 Å². The Hall–Kier alpha value is -1.11. The highest BCUT2D eigenvalue weighted by atomic mass is 79.9. The highest BCUT2D eigenvalue weighted by Crippen LogP contribution is 2.28. The van der Waals surface area contributed by atoms with Crippen molar-refractivity contribution in [2.75, 3.05) is 19.0 Å². The fourth-order valence-electron chi connectivity index (χ4n) is 1.53. The van der Waals surface area contributed by atoms with Crippen LogP contribution in [0.3, 0.4) is 0 Å². The number of ether oxygens (including phenoxy) is 1. The molecule has 1 aromatic carbocycles. The molecule has 1 aromatic heterocycles. The summed E-state index contributed by atoms with van der Waals surface area (Å²) in [6.07, 6.45) is 0. The average molecular weight is 354 g/mol. The molecule has 6 heteroatoms. The molecule has 0 fully saturated rings. The van der Waals surface area contributed by atoms with Crippen molar-refractivity contribution in [2.45, 2.75) is 23.5 Å². The Kier molecular flexibility index (Phi) is 5.82. The summed E-state index contributed by atoms with van der Waals surface area (Å²) in [5.41, 5.74) is 0. The number of benzene rings is 1. The van der Waals surface area contributed by atoms with Crippen molar-refractivity contribution in [1.82, 2.24) is 9.97 Å². The number of hydrogen-bond acceptors (Lipinski definition) is 5. The molecule has 1 N–H and O–H groups in total. The maximum absolute atomic E-state index is 5.37. The molecule has 0 aliphatic rings. The van der Waals surface area contributed by atoms with Crippen LogP contribution in [0.25, 0.3) is 0 Å². The summed E-state index contributed by atoms with van der Waals surface area (Å²) in [5.74, 6) is 1.49. The topological polar surface area (TPSA) is 47.0 Å². The Morgan fingerprint density at radius 3 is 2.65 bits per heavy atom. The lowest BCUT2D eigenvalue weighted by Crippen LogP contribution is -2.03. The monoisotopic (exact) mass is 353 g/mol. The van der Waals surface area contributed by atoms with Gasteiger partial charge in [-0.1, -0.05) is 27.7 Å². The van der Waals surface area contributed by atoms with Gasteiger partial charge < -0.3 is 10.1 Å². The van der Waals surface area contributed by atoms with Crippen molar-refractivity contribution in [3.8, 4) is 0 Å². The molecule has 0 aliphatic heterocycles. The second-order valence-electron chi connectivity index (χ2n) is 3.95. The van der Waals surface area contributed by atoms with E-state index in [0.29, 0.717) is 19.0 Å². The summed E-state index contributed by atoms with van der Waals surface area (Å²) < 4.78 is 6.44. The van der Waals surface area contributed by atoms with Crippen molar-refractivity contribution in [3.05, 3.63) is 40.6 Å². The Labute approximate surface area is 131 Å². The molecule has 0 amide bonds. The molecule has 2 aromatic rings. The lowest BCUT2D eigenvalue weighted by atomic mass is 10.4. The van der Waals surface area contributed by atoms with E-state index in [2.05, 4.69) is 43.3 Å². The summed E-state index contributed by atoms with van der Waals surface area (Å²) in [4.78, 5) is 10.0. The molecule has 0 aliphatic carbocycles. The molecule has 20 heavy (non-hydrogen) atoms. The van der Waals surface area contributed by atoms with Gasteiger partial charge in [-0.25, -0.2) is 9.97 Å². The van der Waals surface area contributed by atoms with Gasteiger partial charge >= 0.3 is 0 Å². The molecule has 0 unspecified atom stereocenters. The summed E-state index contributed by atoms with van der Waals surface area (Å²) in [5, 5.41) is 3.96. The molecule has 0 saturated heterocycles. The van der Waals surface area contributed by atoms with Crippen LogP contribution in [0.2, 0.25) is 0 Å². The maximum atomic E-state index is 5.37. The Balaban J connectivity index is 2.19. The quantitative estimate of drug-likeness (QED) is 0.796. The first-order valence-electron chi connectivity index (χ1n) is 6.28. The lowest BCUT2D eigenvalue weighted by Gasteiger charge is -2.07. The molecule has 0 spiro atoms. The molecular formula is C14H16BrN3OS. The molecule has 0 radical (unpaired) electrons. The van der Waals surface area contributed by atoms with Crippen LogP contribution >= 0.6 is 27.7 Å². The number of halogens is 1. The fourth-order valence-corrected chi connectivity index (χ4v) is 2.63. The molecule has 0 atom stereocenters. The van der Waals surface area contributed by atoms with Crippen molar-refractivity contribution in [1.29, 1.82) is 0 Å². The van der Waals surface area contributed by atoms with Gasteiger partial charge in [0.2, 0.25) is 0 Å². The largest absolute Gasteiger partial charge is 0.374 e. The van der Waals surface area contributed by atoms with E-state index in [1.165, 1.54) is 0 Å². The Morgan fingerprint density at radius 1 is 1.25 bits per heavy atom. The molecule has 0 saturated carbocycles. The van der Waals surface area contributed by atoms with E-state index in [-0.39, 0.29) is 0 Å². The normalized spacial score (nSPS) is 10.6. The van der Waals surface area contributed by atoms with Gasteiger partial charge in [-0.2, -0.15) is 0 Å². The van der Waals surface area contributed by atoms with Crippen molar-refractivity contribution >= 4 is 33.5 Å². The Bertz CT molecular complexity index is 563. The van der Waals surface area contributed by atoms with E-state index < -0.39 is 0 Å². The minimum absolute atomic E-state index is 0.430. The van der Waals surface area contributed by atoms with E-state index in [1.54, 1.807) is 11.8 Å². The van der Waals surface area contributed by atoms with Gasteiger partial charge in [0.15, 0.2) is 5.82 Å². The number of nitrogens with zero attached hydrogens (tertiary/aromatic N) is 2. The van der Waals surface area contributed by atoms with Crippen LogP contribution in [-0.2, 0) is 11.3 Å². The fraction of sp³-hybridized carbons (Fsp3) is 0.286. The van der Waals surface area contributed by atoms with E-state index in [9.17, 15) is 0 Å². The highest BCUT2D eigenvalue weighted by Gasteiger charge is 2.06. The van der Waals surface area contributed by atoms with Gasteiger partial charge in [0.05, 0.1) is 0 Å². The summed E-state index contributed by atoms with van der Waals surface area (Å²) in [6, 6.07) is 10.1. The highest BCUT2D eigenvalue weighted by molar-refractivity contribution is 9.10. The minimum Gasteiger partial charge on any atom is -0.374 e. The van der Waals surface area contributed by atoms with Crippen molar-refractivity contribution in [3.63, 3.8) is 0 Å². The minimum atomic E-state index is 0.430. The number of nitrogens with one attached hydrogen (secondary N) is 1. The molecular weight excluding hydrogens is 338 g/mol. The molecule has 4 nitrogen and oxygen atoms in total. The lowest BCUT2D eigenvalue weighted by molar-refractivity contribution is 0.128. The first kappa shape index (κ1) is 15.3. The zero-order valence-corrected chi connectivity index (χ0v) is 13.8. The molecule has 0 bridgehead atoms. The van der Waals surface area contributed by atoms with Crippen LogP contribution in [0.4, 0.5) is 5.82 Å². The van der Waals surface area contributed by atoms with E-state index in [1.807, 2.05) is 32.2 Å². The standard InChI is InChI=1S/C14H16BrN3OS/c1-3-19-9-13-17-12(16-2)8-14(18-13)20-11-6-4-10(15)5-7-11/h4-8H,3,9H2,1-2H3,(H,16,17,18). The van der Waals surface area contributed by atoms with Gasteiger partial charge in [0.25, 0.3) is 0 Å². The summed E-state index contributed by atoms with van der Waals surface area (Å²) in [7, 11) is 1.85. The van der Waals surface area contributed by atoms with Gasteiger partial charge in [0, 0.05) is 29.1 Å². The molecule has 2 rings (SSSR count). The van der Waals surface area contributed by atoms with Crippen LogP contribution in [0.1, 0.15) is 12.7 Å². The van der Waals surface area contributed by atoms with Gasteiger partial charge in [-0.15, -0.1) is 0 Å². The number of aromatic nitrogens is 2. The Morgan fingerprint density at radius 2 is 2.00 bits per heavy atom. The van der Waals surface area contributed by atoms with Gasteiger partial charge in [0.1, 0.15) is 17.5 Å². The number of rotatable bonds is 6. The average Bonchev–Trinajstić information content (AvgIpc) is 2.47. The first-order valence-corrected chi connectivity index (χ1v) is 7.89. The summed E-state index contributed by atoms with van der Waals surface area (Å²) in [6.45, 7) is 3.04. The van der Waals surface area contributed by atoms with Crippen LogP contribution in [0, 0.1) is 0 Å². The predicted molar refractivity (Wildman–Crippen MR) is 85.2 cm³/mol. The second kappa shape index (κ2) is 7.61. The van der Waals surface area contributed by atoms with Crippen LogP contribution in [0.5, 0.6) is 0 Å². The third-order valence-corrected chi connectivity index (χ3v) is 3.93. The third kappa shape index (κ3) is 4.47. The van der Waals surface area contributed by atoms with Crippen molar-refractivity contribution < 1.29 is 4.74 Å². The maximum Gasteiger partial charge on any atom is 0.157 e. The van der Waals surface area contributed by atoms with Crippen LogP contribution in [-0.4, -0.2) is 23.6 Å². The smallest absolute Gasteiger partial charge is 0.157 e.